The van der Waals surface area contributed by atoms with Crippen LogP contribution < -0.4 is 10.5 Å². The number of aromatic nitrogens is 1. The van der Waals surface area contributed by atoms with Crippen LogP contribution in [0.25, 0.3) is 10.9 Å². The molecule has 3 aromatic rings. The summed E-state index contributed by atoms with van der Waals surface area (Å²) in [7, 11) is 2.17. The lowest BCUT2D eigenvalue weighted by Gasteiger charge is -2.22. The normalized spacial score (nSPS) is 17.0. The van der Waals surface area contributed by atoms with Crippen LogP contribution in [0.15, 0.2) is 48.5 Å². The van der Waals surface area contributed by atoms with E-state index < -0.39 is 0 Å². The number of ether oxygens (including phenoxy) is 1. The summed E-state index contributed by atoms with van der Waals surface area (Å²) >= 11 is 0. The highest BCUT2D eigenvalue weighted by atomic mass is 16.5. The number of fused-ring (bicyclic) bond motifs is 3. The molecule has 1 heterocycles. The average molecular weight is 320 g/mol. The van der Waals surface area contributed by atoms with Crippen molar-refractivity contribution in [3.63, 3.8) is 0 Å². The average Bonchev–Trinajstić information content (AvgIpc) is 2.93. The molecule has 124 valence electrons. The summed E-state index contributed by atoms with van der Waals surface area (Å²) in [6.45, 7) is 1.32. The number of benzene rings is 2. The molecule has 1 aliphatic rings. The van der Waals surface area contributed by atoms with E-state index in [0.29, 0.717) is 12.5 Å². The first-order valence-electron chi connectivity index (χ1n) is 8.76. The molecule has 0 spiro atoms. The van der Waals surface area contributed by atoms with Crippen LogP contribution in [0.1, 0.15) is 35.6 Å². The first kappa shape index (κ1) is 15.3. The minimum Gasteiger partial charge on any atom is -0.489 e. The van der Waals surface area contributed by atoms with Crippen LogP contribution in [0.3, 0.4) is 0 Å². The van der Waals surface area contributed by atoms with Crippen molar-refractivity contribution >= 4 is 10.9 Å². The molecule has 2 aromatic carbocycles. The standard InChI is InChI=1S/C21H24N2O/c1-23-19-11-10-17(24-14-15-6-3-2-4-7-15)12-18(19)21-16(13-22)8-5-9-20(21)23/h2-4,6-7,10-12,16H,5,8-9,13-14,22H2,1H3/t16-/m0/s1. The molecule has 0 amide bonds. The van der Waals surface area contributed by atoms with Crippen molar-refractivity contribution in [2.24, 2.45) is 12.8 Å². The monoisotopic (exact) mass is 320 g/mol. The minimum atomic E-state index is 0.474. The summed E-state index contributed by atoms with van der Waals surface area (Å²) in [5.74, 6) is 1.41. The number of nitrogens with two attached hydrogens (primary N) is 1. The Morgan fingerprint density at radius 3 is 2.79 bits per heavy atom. The lowest BCUT2D eigenvalue weighted by atomic mass is 9.85. The van der Waals surface area contributed by atoms with Gasteiger partial charge in [0.05, 0.1) is 0 Å². The molecular weight excluding hydrogens is 296 g/mol. The highest BCUT2D eigenvalue weighted by Crippen LogP contribution is 2.39. The summed E-state index contributed by atoms with van der Waals surface area (Å²) in [6.07, 6.45) is 3.57. The zero-order valence-electron chi connectivity index (χ0n) is 14.2. The second-order valence-electron chi connectivity index (χ2n) is 6.70. The Morgan fingerprint density at radius 2 is 2.00 bits per heavy atom. The van der Waals surface area contributed by atoms with Crippen molar-refractivity contribution < 1.29 is 4.74 Å². The summed E-state index contributed by atoms with van der Waals surface area (Å²) < 4.78 is 8.37. The van der Waals surface area contributed by atoms with Crippen LogP contribution >= 0.6 is 0 Å². The van der Waals surface area contributed by atoms with Gasteiger partial charge >= 0.3 is 0 Å². The first-order valence-corrected chi connectivity index (χ1v) is 8.76. The maximum absolute atomic E-state index is 6.05. The molecule has 0 saturated carbocycles. The highest BCUT2D eigenvalue weighted by Gasteiger charge is 2.25. The van der Waals surface area contributed by atoms with Gasteiger partial charge in [-0.2, -0.15) is 0 Å². The number of aryl methyl sites for hydroxylation is 1. The lowest BCUT2D eigenvalue weighted by molar-refractivity contribution is 0.306. The second kappa shape index (κ2) is 6.33. The van der Waals surface area contributed by atoms with Crippen molar-refractivity contribution in [2.75, 3.05) is 6.54 Å². The Bertz CT molecular complexity index is 851. The van der Waals surface area contributed by atoms with Gasteiger partial charge in [-0.25, -0.2) is 0 Å². The maximum Gasteiger partial charge on any atom is 0.120 e. The molecular formula is C21H24N2O. The van der Waals surface area contributed by atoms with Gasteiger partial charge in [-0.3, -0.25) is 0 Å². The molecule has 24 heavy (non-hydrogen) atoms. The Balaban J connectivity index is 1.70. The second-order valence-corrected chi connectivity index (χ2v) is 6.70. The van der Waals surface area contributed by atoms with Crippen molar-refractivity contribution in [1.82, 2.24) is 4.57 Å². The van der Waals surface area contributed by atoms with Gasteiger partial charge in [0, 0.05) is 23.6 Å². The third-order valence-corrected chi connectivity index (χ3v) is 5.24. The van der Waals surface area contributed by atoms with Crippen molar-refractivity contribution in [2.45, 2.75) is 31.8 Å². The fourth-order valence-electron chi connectivity index (χ4n) is 3.99. The molecule has 0 unspecified atom stereocenters. The topological polar surface area (TPSA) is 40.2 Å². The van der Waals surface area contributed by atoms with E-state index in [9.17, 15) is 0 Å². The van der Waals surface area contributed by atoms with Crippen LogP contribution in [0, 0.1) is 0 Å². The van der Waals surface area contributed by atoms with Gasteiger partial charge in [0.1, 0.15) is 12.4 Å². The molecule has 4 rings (SSSR count). The zero-order valence-corrected chi connectivity index (χ0v) is 14.2. The third kappa shape index (κ3) is 2.59. The minimum absolute atomic E-state index is 0.474. The molecule has 0 fully saturated rings. The van der Waals surface area contributed by atoms with Gasteiger partial charge in [-0.05, 0) is 61.1 Å². The van der Waals surface area contributed by atoms with E-state index in [1.54, 1.807) is 0 Å². The Kier molecular flexibility index (Phi) is 4.03. The van der Waals surface area contributed by atoms with Crippen molar-refractivity contribution in [3.05, 3.63) is 65.4 Å². The van der Waals surface area contributed by atoms with E-state index in [2.05, 4.69) is 41.9 Å². The highest BCUT2D eigenvalue weighted by molar-refractivity contribution is 5.87. The van der Waals surface area contributed by atoms with Gasteiger partial charge in [0.2, 0.25) is 0 Å². The maximum atomic E-state index is 6.05. The van der Waals surface area contributed by atoms with Crippen molar-refractivity contribution in [3.8, 4) is 5.75 Å². The molecule has 1 atom stereocenters. The van der Waals surface area contributed by atoms with E-state index >= 15 is 0 Å². The molecule has 1 aromatic heterocycles. The third-order valence-electron chi connectivity index (χ3n) is 5.24. The Morgan fingerprint density at radius 1 is 1.17 bits per heavy atom. The van der Waals surface area contributed by atoms with Gasteiger partial charge in [0.15, 0.2) is 0 Å². The Hall–Kier alpha value is -2.26. The quantitative estimate of drug-likeness (QED) is 0.785. The van der Waals surface area contributed by atoms with Gasteiger partial charge in [-0.1, -0.05) is 30.3 Å². The summed E-state index contributed by atoms with van der Waals surface area (Å²) in [5, 5.41) is 1.31. The van der Waals surface area contributed by atoms with E-state index in [1.165, 1.54) is 40.6 Å². The van der Waals surface area contributed by atoms with Crippen LogP contribution in [0.4, 0.5) is 0 Å². The Labute approximate surface area is 143 Å². The fourth-order valence-corrected chi connectivity index (χ4v) is 3.99. The number of hydrogen-bond donors (Lipinski definition) is 1. The van der Waals surface area contributed by atoms with E-state index in [-0.39, 0.29) is 0 Å². The molecule has 3 heteroatoms. The summed E-state index contributed by atoms with van der Waals surface area (Å²) in [6, 6.07) is 16.8. The summed E-state index contributed by atoms with van der Waals surface area (Å²) in [4.78, 5) is 0. The molecule has 3 nitrogen and oxygen atoms in total. The zero-order chi connectivity index (χ0) is 16.5. The molecule has 0 aliphatic heterocycles. The largest absolute Gasteiger partial charge is 0.489 e. The number of hydrogen-bond acceptors (Lipinski definition) is 2. The molecule has 0 bridgehead atoms. The van der Waals surface area contributed by atoms with Gasteiger partial charge in [0.25, 0.3) is 0 Å². The van der Waals surface area contributed by atoms with Crippen LogP contribution in [-0.2, 0) is 20.1 Å². The number of rotatable bonds is 4. The lowest BCUT2D eigenvalue weighted by Crippen LogP contribution is -2.18. The summed E-state index contributed by atoms with van der Waals surface area (Å²) in [5.41, 5.74) is 11.4. The predicted octanol–water partition coefficient (Wildman–Crippen LogP) is 4.14. The van der Waals surface area contributed by atoms with E-state index in [4.69, 9.17) is 10.5 Å². The molecule has 2 N–H and O–H groups in total. The van der Waals surface area contributed by atoms with E-state index in [1.807, 2.05) is 18.2 Å². The van der Waals surface area contributed by atoms with Gasteiger partial charge in [-0.15, -0.1) is 0 Å². The predicted molar refractivity (Wildman–Crippen MR) is 98.4 cm³/mol. The van der Waals surface area contributed by atoms with Crippen LogP contribution in [-0.4, -0.2) is 11.1 Å². The van der Waals surface area contributed by atoms with Gasteiger partial charge < -0.3 is 15.0 Å². The SMILES string of the molecule is Cn1c2c(c3cc(OCc4ccccc4)ccc31)[C@H](CN)CCC2. The smallest absolute Gasteiger partial charge is 0.120 e. The molecule has 1 aliphatic carbocycles. The first-order chi connectivity index (χ1) is 11.8. The fraction of sp³-hybridized carbons (Fsp3) is 0.333. The number of nitrogens with zero attached hydrogens (tertiary/aromatic N) is 1. The molecule has 0 saturated heterocycles. The van der Waals surface area contributed by atoms with Crippen LogP contribution in [0.5, 0.6) is 5.75 Å². The van der Waals surface area contributed by atoms with Crippen molar-refractivity contribution in [1.29, 1.82) is 0 Å². The van der Waals surface area contributed by atoms with E-state index in [0.717, 1.165) is 18.7 Å². The van der Waals surface area contributed by atoms with Crippen LogP contribution in [0.2, 0.25) is 0 Å². The molecule has 0 radical (unpaired) electrons.